The van der Waals surface area contributed by atoms with E-state index in [9.17, 15) is 18.0 Å². The van der Waals surface area contributed by atoms with E-state index >= 15 is 0 Å². The van der Waals surface area contributed by atoms with Gasteiger partial charge in [0.15, 0.2) is 0 Å². The third-order valence-corrected chi connectivity index (χ3v) is 4.21. The SMILES string of the molecule is O=C(c1ccc(C(F)(F)F)cc1)N1CCC2(CC=NO2)CC1. The summed E-state index contributed by atoms with van der Waals surface area (Å²) in [5.41, 5.74) is -0.776. The van der Waals surface area contributed by atoms with E-state index in [2.05, 4.69) is 5.16 Å². The monoisotopic (exact) mass is 312 g/mol. The molecule has 2 aliphatic heterocycles. The molecule has 4 nitrogen and oxygen atoms in total. The lowest BCUT2D eigenvalue weighted by Crippen LogP contribution is -2.46. The lowest BCUT2D eigenvalue weighted by molar-refractivity contribution is -0.137. The van der Waals surface area contributed by atoms with Crippen LogP contribution in [0, 0.1) is 0 Å². The van der Waals surface area contributed by atoms with Gasteiger partial charge in [0.25, 0.3) is 5.91 Å². The minimum absolute atomic E-state index is 0.248. The molecule has 2 heterocycles. The van der Waals surface area contributed by atoms with Crippen LogP contribution in [-0.4, -0.2) is 35.7 Å². The quantitative estimate of drug-likeness (QED) is 0.799. The van der Waals surface area contributed by atoms with Crippen molar-refractivity contribution in [2.75, 3.05) is 13.1 Å². The summed E-state index contributed by atoms with van der Waals surface area (Å²) in [5.74, 6) is -0.248. The van der Waals surface area contributed by atoms with Crippen molar-refractivity contribution in [1.82, 2.24) is 4.90 Å². The van der Waals surface area contributed by atoms with Gasteiger partial charge in [-0.05, 0) is 24.3 Å². The van der Waals surface area contributed by atoms with Crippen LogP contribution >= 0.6 is 0 Å². The summed E-state index contributed by atoms with van der Waals surface area (Å²) in [7, 11) is 0. The van der Waals surface area contributed by atoms with E-state index in [1.165, 1.54) is 12.1 Å². The number of amides is 1. The number of halogens is 3. The minimum atomic E-state index is -4.39. The van der Waals surface area contributed by atoms with Crippen molar-refractivity contribution in [2.24, 2.45) is 5.16 Å². The van der Waals surface area contributed by atoms with E-state index in [0.717, 1.165) is 18.6 Å². The first-order valence-electron chi connectivity index (χ1n) is 7.06. The number of alkyl halides is 3. The first-order chi connectivity index (χ1) is 10.4. The van der Waals surface area contributed by atoms with E-state index in [0.29, 0.717) is 25.9 Å². The van der Waals surface area contributed by atoms with E-state index < -0.39 is 11.7 Å². The maximum atomic E-state index is 12.5. The molecule has 1 saturated heterocycles. The molecule has 0 bridgehead atoms. The predicted octanol–water partition coefficient (Wildman–Crippen LogP) is 3.09. The highest BCUT2D eigenvalue weighted by atomic mass is 19.4. The normalized spacial score (nSPS) is 20.2. The van der Waals surface area contributed by atoms with Crippen molar-refractivity contribution < 1.29 is 22.8 Å². The molecule has 1 aromatic rings. The zero-order valence-electron chi connectivity index (χ0n) is 11.8. The second-order valence-electron chi connectivity index (χ2n) is 5.63. The van der Waals surface area contributed by atoms with Crippen molar-refractivity contribution in [1.29, 1.82) is 0 Å². The third-order valence-electron chi connectivity index (χ3n) is 4.21. The van der Waals surface area contributed by atoms with E-state index in [1.54, 1.807) is 11.1 Å². The Labute approximate surface area is 125 Å². The number of nitrogens with zero attached hydrogens (tertiary/aromatic N) is 2. The minimum Gasteiger partial charge on any atom is -0.389 e. The summed E-state index contributed by atoms with van der Waals surface area (Å²) in [6, 6.07) is 4.33. The highest BCUT2D eigenvalue weighted by Crippen LogP contribution is 2.33. The summed E-state index contributed by atoms with van der Waals surface area (Å²) in [6.45, 7) is 1.03. The van der Waals surface area contributed by atoms with Crippen molar-refractivity contribution in [2.45, 2.75) is 31.0 Å². The van der Waals surface area contributed by atoms with Crippen molar-refractivity contribution in [3.63, 3.8) is 0 Å². The van der Waals surface area contributed by atoms with E-state index in [-0.39, 0.29) is 17.1 Å². The van der Waals surface area contributed by atoms with Crippen LogP contribution in [-0.2, 0) is 11.0 Å². The topological polar surface area (TPSA) is 41.9 Å². The lowest BCUT2D eigenvalue weighted by Gasteiger charge is -2.37. The molecule has 1 fully saturated rings. The average Bonchev–Trinajstić information content (AvgIpc) is 2.95. The number of likely N-dealkylation sites (tertiary alicyclic amines) is 1. The van der Waals surface area contributed by atoms with E-state index in [4.69, 9.17) is 4.84 Å². The van der Waals surface area contributed by atoms with Crippen LogP contribution in [0.15, 0.2) is 29.4 Å². The number of oxime groups is 1. The van der Waals surface area contributed by atoms with Gasteiger partial charge < -0.3 is 9.74 Å². The maximum absolute atomic E-state index is 12.5. The fourth-order valence-corrected chi connectivity index (χ4v) is 2.79. The van der Waals surface area contributed by atoms with Gasteiger partial charge >= 0.3 is 6.18 Å². The van der Waals surface area contributed by atoms with Gasteiger partial charge in [0, 0.05) is 44.1 Å². The summed E-state index contributed by atoms with van der Waals surface area (Å²) >= 11 is 0. The molecule has 0 N–H and O–H groups in total. The molecule has 7 heteroatoms. The van der Waals surface area contributed by atoms with Gasteiger partial charge in [0.2, 0.25) is 0 Å². The molecule has 0 saturated carbocycles. The highest BCUT2D eigenvalue weighted by molar-refractivity contribution is 5.94. The Morgan fingerprint density at radius 2 is 1.82 bits per heavy atom. The smallest absolute Gasteiger partial charge is 0.389 e. The number of carbonyl (C=O) groups is 1. The third kappa shape index (κ3) is 2.80. The fourth-order valence-electron chi connectivity index (χ4n) is 2.79. The number of rotatable bonds is 1. The Bertz CT molecular complexity index is 578. The van der Waals surface area contributed by atoms with Crippen LogP contribution in [0.2, 0.25) is 0 Å². The zero-order chi connectivity index (χ0) is 15.8. The van der Waals surface area contributed by atoms with Crippen LogP contribution in [0.4, 0.5) is 13.2 Å². The summed E-state index contributed by atoms with van der Waals surface area (Å²) in [4.78, 5) is 19.4. The Kier molecular flexibility index (Phi) is 3.58. The second-order valence-corrected chi connectivity index (χ2v) is 5.63. The van der Waals surface area contributed by atoms with E-state index in [1.807, 2.05) is 0 Å². The first kappa shape index (κ1) is 14.9. The van der Waals surface area contributed by atoms with Gasteiger partial charge in [0.1, 0.15) is 5.60 Å². The Morgan fingerprint density at radius 1 is 1.18 bits per heavy atom. The average molecular weight is 312 g/mol. The summed E-state index contributed by atoms with van der Waals surface area (Å²) in [6.07, 6.45) is -0.555. The molecule has 22 heavy (non-hydrogen) atoms. The Hall–Kier alpha value is -2.05. The number of carbonyl (C=O) groups excluding carboxylic acids is 1. The van der Waals surface area contributed by atoms with Crippen LogP contribution in [0.25, 0.3) is 0 Å². The van der Waals surface area contributed by atoms with Crippen LogP contribution < -0.4 is 0 Å². The zero-order valence-corrected chi connectivity index (χ0v) is 11.8. The van der Waals surface area contributed by atoms with Crippen LogP contribution in [0.1, 0.15) is 35.2 Å². The highest BCUT2D eigenvalue weighted by Gasteiger charge is 2.40. The number of piperidine rings is 1. The van der Waals surface area contributed by atoms with Gasteiger partial charge in [0.05, 0.1) is 5.56 Å². The number of hydrogen-bond acceptors (Lipinski definition) is 3. The molecule has 1 aromatic carbocycles. The predicted molar refractivity (Wildman–Crippen MR) is 73.5 cm³/mol. The standard InChI is InChI=1S/C15H15F3N2O2/c16-15(17,18)12-3-1-11(2-4-12)13(21)20-9-6-14(7-10-20)5-8-19-22-14/h1-4,8H,5-7,9-10H2. The fraction of sp³-hybridized carbons (Fsp3) is 0.467. The van der Waals surface area contributed by atoms with Crippen molar-refractivity contribution in [3.8, 4) is 0 Å². The number of benzene rings is 1. The molecule has 0 unspecified atom stereocenters. The summed E-state index contributed by atoms with van der Waals surface area (Å²) < 4.78 is 37.6. The summed E-state index contributed by atoms with van der Waals surface area (Å²) in [5, 5.41) is 3.79. The maximum Gasteiger partial charge on any atom is 0.416 e. The molecule has 1 amide bonds. The Balaban J connectivity index is 1.65. The molecule has 0 aliphatic carbocycles. The molecule has 118 valence electrons. The lowest BCUT2D eigenvalue weighted by atomic mass is 9.89. The molecule has 3 rings (SSSR count). The van der Waals surface area contributed by atoms with Crippen LogP contribution in [0.5, 0.6) is 0 Å². The van der Waals surface area contributed by atoms with Gasteiger partial charge in [-0.25, -0.2) is 0 Å². The molecule has 2 aliphatic rings. The largest absolute Gasteiger partial charge is 0.416 e. The molecule has 1 spiro atoms. The van der Waals surface area contributed by atoms with Crippen molar-refractivity contribution >= 4 is 12.1 Å². The molecule has 0 aromatic heterocycles. The second kappa shape index (κ2) is 5.30. The van der Waals surface area contributed by atoms with Gasteiger partial charge in [-0.3, -0.25) is 4.79 Å². The number of hydrogen-bond donors (Lipinski definition) is 0. The molecular formula is C15H15F3N2O2. The van der Waals surface area contributed by atoms with Crippen LogP contribution in [0.3, 0.4) is 0 Å². The first-order valence-corrected chi connectivity index (χ1v) is 7.06. The molecule has 0 radical (unpaired) electrons. The molecule has 0 atom stereocenters. The Morgan fingerprint density at radius 3 is 2.32 bits per heavy atom. The van der Waals surface area contributed by atoms with Gasteiger partial charge in [-0.2, -0.15) is 13.2 Å². The van der Waals surface area contributed by atoms with Gasteiger partial charge in [-0.1, -0.05) is 5.16 Å². The van der Waals surface area contributed by atoms with Gasteiger partial charge in [-0.15, -0.1) is 0 Å². The molecular weight excluding hydrogens is 297 g/mol. The van der Waals surface area contributed by atoms with Crippen molar-refractivity contribution in [3.05, 3.63) is 35.4 Å².